The van der Waals surface area contributed by atoms with E-state index >= 15 is 0 Å². The molecule has 4 rings (SSSR count). The van der Waals surface area contributed by atoms with Gasteiger partial charge in [0.15, 0.2) is 0 Å². The SMILES string of the molecule is CCn1nc(C)cc1C(=O)Nc1nc2cc(C(N)=O)cc(OCc3ccc(OC)cc3)c2n1CC=CCOC(N)=O. The molecule has 3 amide bonds. The number of fused-ring (bicyclic) bond motifs is 1. The van der Waals surface area contributed by atoms with Gasteiger partial charge in [0.05, 0.1) is 18.3 Å². The van der Waals surface area contributed by atoms with Crippen molar-refractivity contribution in [2.24, 2.45) is 11.5 Å². The van der Waals surface area contributed by atoms with E-state index in [0.717, 1.165) is 5.56 Å². The number of anilines is 1. The third-order valence-corrected chi connectivity index (χ3v) is 6.08. The van der Waals surface area contributed by atoms with E-state index in [1.807, 2.05) is 31.2 Å². The predicted octanol–water partition coefficient (Wildman–Crippen LogP) is 3.15. The summed E-state index contributed by atoms with van der Waals surface area (Å²) in [6.45, 7) is 4.52. The standard InChI is InChI=1S/C28H31N7O6/c1-4-35-22(13-17(2)33-35)26(37)32-28-31-21-14-19(25(29)36)15-23(41-16-18-7-9-20(39-3)10-8-18)24(21)34(28)11-5-6-12-40-27(30)38/h5-10,13-15H,4,11-12,16H2,1-3H3,(H2,29,36)(H2,30,38)(H,31,32,37). The molecule has 13 heteroatoms. The van der Waals surface area contributed by atoms with E-state index in [9.17, 15) is 14.4 Å². The normalized spacial score (nSPS) is 11.1. The van der Waals surface area contributed by atoms with E-state index in [2.05, 4.69) is 15.4 Å². The molecule has 0 aliphatic carbocycles. The first-order valence-corrected chi connectivity index (χ1v) is 12.7. The molecule has 214 valence electrons. The van der Waals surface area contributed by atoms with Crippen molar-refractivity contribution in [1.82, 2.24) is 19.3 Å². The van der Waals surface area contributed by atoms with Crippen molar-refractivity contribution in [2.45, 2.75) is 33.5 Å². The zero-order valence-corrected chi connectivity index (χ0v) is 22.9. The summed E-state index contributed by atoms with van der Waals surface area (Å²) in [4.78, 5) is 41.0. The van der Waals surface area contributed by atoms with Crippen LogP contribution in [0, 0.1) is 6.92 Å². The summed E-state index contributed by atoms with van der Waals surface area (Å²) in [6.07, 6.45) is 2.43. The van der Waals surface area contributed by atoms with E-state index < -0.39 is 17.9 Å². The van der Waals surface area contributed by atoms with E-state index in [0.29, 0.717) is 40.5 Å². The highest BCUT2D eigenvalue weighted by atomic mass is 16.5. The number of aromatic nitrogens is 4. The van der Waals surface area contributed by atoms with Crippen molar-refractivity contribution in [3.63, 3.8) is 0 Å². The highest BCUT2D eigenvalue weighted by Crippen LogP contribution is 2.32. The van der Waals surface area contributed by atoms with E-state index in [1.165, 1.54) is 12.1 Å². The molecular formula is C28H31N7O6. The molecule has 0 unspecified atom stereocenters. The van der Waals surface area contributed by atoms with Gasteiger partial charge in [-0.2, -0.15) is 5.10 Å². The molecule has 41 heavy (non-hydrogen) atoms. The van der Waals surface area contributed by atoms with Crippen molar-refractivity contribution in [2.75, 3.05) is 19.0 Å². The lowest BCUT2D eigenvalue weighted by atomic mass is 10.1. The number of carbonyl (C=O) groups excluding carboxylic acids is 3. The smallest absolute Gasteiger partial charge is 0.404 e. The van der Waals surface area contributed by atoms with Crippen molar-refractivity contribution in [1.29, 1.82) is 0 Å². The van der Waals surface area contributed by atoms with E-state index in [1.54, 1.807) is 41.5 Å². The Kier molecular flexibility index (Phi) is 8.87. The number of hydrogen-bond donors (Lipinski definition) is 3. The fraction of sp³-hybridized carbons (Fsp3) is 0.250. The third kappa shape index (κ3) is 6.82. The van der Waals surface area contributed by atoms with Crippen LogP contribution in [0.1, 0.15) is 39.0 Å². The fourth-order valence-corrected chi connectivity index (χ4v) is 4.15. The van der Waals surface area contributed by atoms with Crippen molar-refractivity contribution >= 4 is 34.9 Å². The van der Waals surface area contributed by atoms with Crippen LogP contribution in [0.4, 0.5) is 10.7 Å². The van der Waals surface area contributed by atoms with Gasteiger partial charge in [-0.05, 0) is 55.8 Å². The summed E-state index contributed by atoms with van der Waals surface area (Å²) in [7, 11) is 1.58. The Balaban J connectivity index is 1.75. The van der Waals surface area contributed by atoms with Gasteiger partial charge in [-0.3, -0.25) is 19.6 Å². The van der Waals surface area contributed by atoms with Crippen molar-refractivity contribution in [3.8, 4) is 11.5 Å². The summed E-state index contributed by atoms with van der Waals surface area (Å²) >= 11 is 0. The van der Waals surface area contributed by atoms with Crippen LogP contribution in [0.5, 0.6) is 11.5 Å². The lowest BCUT2D eigenvalue weighted by Crippen LogP contribution is -2.20. The molecule has 0 saturated heterocycles. The number of hydrogen-bond acceptors (Lipinski definition) is 8. The molecule has 0 aliphatic heterocycles. The molecule has 0 bridgehead atoms. The van der Waals surface area contributed by atoms with Crippen LogP contribution in [-0.4, -0.2) is 51.0 Å². The van der Waals surface area contributed by atoms with Crippen LogP contribution in [0.2, 0.25) is 0 Å². The molecule has 0 saturated carbocycles. The second-order valence-corrected chi connectivity index (χ2v) is 8.93. The number of rotatable bonds is 12. The van der Waals surface area contributed by atoms with Gasteiger partial charge in [0.2, 0.25) is 11.9 Å². The number of ether oxygens (including phenoxy) is 3. The summed E-state index contributed by atoms with van der Waals surface area (Å²) in [5, 5.41) is 7.19. The number of methoxy groups -OCH3 is 1. The van der Waals surface area contributed by atoms with Gasteiger partial charge in [0.1, 0.15) is 35.9 Å². The van der Waals surface area contributed by atoms with Gasteiger partial charge in [-0.25, -0.2) is 9.78 Å². The summed E-state index contributed by atoms with van der Waals surface area (Å²) in [6, 6.07) is 12.1. The molecule has 0 spiro atoms. The van der Waals surface area contributed by atoms with Gasteiger partial charge >= 0.3 is 6.09 Å². The van der Waals surface area contributed by atoms with E-state index in [4.69, 9.17) is 25.7 Å². The Labute approximate surface area is 235 Å². The minimum absolute atomic E-state index is 0.0364. The minimum atomic E-state index is -0.897. The maximum absolute atomic E-state index is 13.3. The number of aryl methyl sites for hydroxylation is 2. The number of carbonyl (C=O) groups is 3. The summed E-state index contributed by atoms with van der Waals surface area (Å²) in [5.41, 5.74) is 13.6. The number of imidazole rings is 1. The fourth-order valence-electron chi connectivity index (χ4n) is 4.15. The average Bonchev–Trinajstić information content (AvgIpc) is 3.51. The summed E-state index contributed by atoms with van der Waals surface area (Å²) < 4.78 is 19.4. The Morgan fingerprint density at radius 3 is 2.49 bits per heavy atom. The number of nitrogens with zero attached hydrogens (tertiary/aromatic N) is 4. The number of nitrogens with two attached hydrogens (primary N) is 2. The second kappa shape index (κ2) is 12.7. The highest BCUT2D eigenvalue weighted by Gasteiger charge is 2.21. The lowest BCUT2D eigenvalue weighted by molar-refractivity contribution is 0.0995. The predicted molar refractivity (Wildman–Crippen MR) is 151 cm³/mol. The molecule has 2 heterocycles. The van der Waals surface area contributed by atoms with Crippen LogP contribution in [0.25, 0.3) is 11.0 Å². The molecule has 4 aromatic rings. The number of nitrogens with one attached hydrogen (secondary N) is 1. The van der Waals surface area contributed by atoms with Crippen LogP contribution >= 0.6 is 0 Å². The first-order chi connectivity index (χ1) is 19.7. The average molecular weight is 562 g/mol. The molecule has 0 fully saturated rings. The molecule has 2 aromatic heterocycles. The zero-order chi connectivity index (χ0) is 29.5. The second-order valence-electron chi connectivity index (χ2n) is 8.93. The monoisotopic (exact) mass is 561 g/mol. The number of allylic oxidation sites excluding steroid dienone is 1. The molecule has 0 atom stereocenters. The molecule has 13 nitrogen and oxygen atoms in total. The molecule has 5 N–H and O–H groups in total. The third-order valence-electron chi connectivity index (χ3n) is 6.08. The maximum Gasteiger partial charge on any atom is 0.404 e. The number of amides is 3. The van der Waals surface area contributed by atoms with E-state index in [-0.39, 0.29) is 31.3 Å². The lowest BCUT2D eigenvalue weighted by Gasteiger charge is -2.13. The maximum atomic E-state index is 13.3. The Morgan fingerprint density at radius 1 is 1.07 bits per heavy atom. The molecule has 0 aliphatic rings. The zero-order valence-electron chi connectivity index (χ0n) is 22.9. The Bertz CT molecular complexity index is 1600. The number of primary amides is 2. The van der Waals surface area contributed by atoms with Gasteiger partial charge in [0, 0.05) is 18.7 Å². The van der Waals surface area contributed by atoms with Gasteiger partial charge in [-0.1, -0.05) is 18.2 Å². The van der Waals surface area contributed by atoms with Gasteiger partial charge < -0.3 is 30.2 Å². The van der Waals surface area contributed by atoms with Gasteiger partial charge in [0.25, 0.3) is 5.91 Å². The van der Waals surface area contributed by atoms with Crippen molar-refractivity contribution < 1.29 is 28.6 Å². The quantitative estimate of drug-likeness (QED) is 0.221. The minimum Gasteiger partial charge on any atom is -0.497 e. The van der Waals surface area contributed by atoms with Crippen LogP contribution < -0.4 is 26.3 Å². The van der Waals surface area contributed by atoms with Crippen LogP contribution in [0.15, 0.2) is 54.6 Å². The largest absolute Gasteiger partial charge is 0.497 e. The van der Waals surface area contributed by atoms with Crippen LogP contribution in [-0.2, 0) is 24.4 Å². The summed E-state index contributed by atoms with van der Waals surface area (Å²) in [5.74, 6) is 0.157. The van der Waals surface area contributed by atoms with Crippen LogP contribution in [0.3, 0.4) is 0 Å². The Morgan fingerprint density at radius 2 is 1.83 bits per heavy atom. The highest BCUT2D eigenvalue weighted by molar-refractivity contribution is 6.04. The van der Waals surface area contributed by atoms with Gasteiger partial charge in [-0.15, -0.1) is 0 Å². The molecular weight excluding hydrogens is 530 g/mol. The first kappa shape index (κ1) is 28.7. The molecule has 0 radical (unpaired) electrons. The Hall–Kier alpha value is -5.33. The number of benzene rings is 2. The first-order valence-electron chi connectivity index (χ1n) is 12.7. The molecule has 2 aromatic carbocycles. The van der Waals surface area contributed by atoms with Crippen molar-refractivity contribution in [3.05, 3.63) is 77.1 Å². The topological polar surface area (TPSA) is 179 Å².